The van der Waals surface area contributed by atoms with Crippen molar-refractivity contribution in [1.29, 1.82) is 0 Å². The van der Waals surface area contributed by atoms with Crippen molar-refractivity contribution < 1.29 is 16.8 Å². The Labute approximate surface area is 125 Å². The Morgan fingerprint density at radius 2 is 1.25 bits per heavy atom. The highest BCUT2D eigenvalue weighted by Gasteiger charge is 2.24. The molecule has 20 heavy (non-hydrogen) atoms. The van der Waals surface area contributed by atoms with Crippen LogP contribution in [-0.2, 0) is 19.9 Å². The van der Waals surface area contributed by atoms with E-state index >= 15 is 0 Å². The number of sulfone groups is 1. The van der Waals surface area contributed by atoms with E-state index in [9.17, 15) is 16.8 Å². The molecule has 5 nitrogen and oxygen atoms in total. The van der Waals surface area contributed by atoms with Crippen LogP contribution in [-0.4, -0.2) is 51.0 Å². The van der Waals surface area contributed by atoms with Crippen molar-refractivity contribution in [2.75, 3.05) is 13.3 Å². The van der Waals surface area contributed by atoms with E-state index in [1.165, 1.54) is 10.6 Å². The van der Waals surface area contributed by atoms with Crippen molar-refractivity contribution in [2.24, 2.45) is 0 Å². The van der Waals surface area contributed by atoms with Gasteiger partial charge in [0.1, 0.15) is 0 Å². The monoisotopic (exact) mass is 329 g/mol. The summed E-state index contributed by atoms with van der Waals surface area (Å²) in [5, 5.41) is -0.366. The third kappa shape index (κ3) is 7.59. The molecule has 0 saturated carbocycles. The quantitative estimate of drug-likeness (QED) is 0.749. The molecule has 0 N–H and O–H groups in total. The molecule has 0 aliphatic rings. The lowest BCUT2D eigenvalue weighted by Gasteiger charge is -2.17. The van der Waals surface area contributed by atoms with Gasteiger partial charge in [0, 0.05) is 13.1 Å². The van der Waals surface area contributed by atoms with Crippen molar-refractivity contribution in [2.45, 2.75) is 70.9 Å². The molecular formula is C13H31NO4S2. The first-order valence-corrected chi connectivity index (χ1v) is 10.4. The van der Waals surface area contributed by atoms with E-state index < -0.39 is 19.9 Å². The van der Waals surface area contributed by atoms with Crippen LogP contribution >= 0.6 is 0 Å². The summed E-state index contributed by atoms with van der Waals surface area (Å²) in [6, 6.07) is 0.0556. The number of sulfonamides is 1. The van der Waals surface area contributed by atoms with Gasteiger partial charge < -0.3 is 0 Å². The van der Waals surface area contributed by atoms with Gasteiger partial charge in [0.05, 0.1) is 16.8 Å². The zero-order valence-corrected chi connectivity index (χ0v) is 15.7. The summed E-state index contributed by atoms with van der Waals surface area (Å²) in [7, 11) is -4.24. The number of rotatable bonds is 6. The second-order valence-electron chi connectivity index (χ2n) is 5.45. The van der Waals surface area contributed by atoms with Crippen LogP contribution in [0.5, 0.6) is 0 Å². The molecule has 0 heterocycles. The fourth-order valence-electron chi connectivity index (χ4n) is 1.52. The van der Waals surface area contributed by atoms with Gasteiger partial charge in [0.2, 0.25) is 10.0 Å². The normalized spacial score (nSPS) is 13.0. The van der Waals surface area contributed by atoms with Gasteiger partial charge >= 0.3 is 0 Å². The SMILES string of the molecule is CC(C)N(C)S(C)(=O)=O.CCC(CC)S(=O)(=O)C(C)C. The molecular weight excluding hydrogens is 298 g/mol. The first-order chi connectivity index (χ1) is 8.82. The van der Waals surface area contributed by atoms with Gasteiger partial charge in [0.15, 0.2) is 9.84 Å². The predicted molar refractivity (Wildman–Crippen MR) is 86.2 cm³/mol. The second-order valence-corrected chi connectivity index (χ2v) is 10.3. The number of hydrogen-bond donors (Lipinski definition) is 0. The van der Waals surface area contributed by atoms with E-state index in [1.807, 2.05) is 27.7 Å². The fourth-order valence-corrected chi connectivity index (χ4v) is 3.99. The van der Waals surface area contributed by atoms with Crippen LogP contribution in [0.4, 0.5) is 0 Å². The van der Waals surface area contributed by atoms with Crippen LogP contribution in [0.3, 0.4) is 0 Å². The minimum absolute atomic E-state index is 0.0556. The minimum Gasteiger partial charge on any atom is -0.228 e. The Hall–Kier alpha value is -0.140. The highest BCUT2D eigenvalue weighted by Crippen LogP contribution is 2.15. The molecule has 0 fully saturated rings. The highest BCUT2D eigenvalue weighted by atomic mass is 32.2. The fraction of sp³-hybridized carbons (Fsp3) is 1.00. The summed E-state index contributed by atoms with van der Waals surface area (Å²) in [6.07, 6.45) is 2.67. The van der Waals surface area contributed by atoms with Crippen LogP contribution < -0.4 is 0 Å². The van der Waals surface area contributed by atoms with E-state index in [0.717, 1.165) is 12.8 Å². The van der Waals surface area contributed by atoms with Crippen LogP contribution in [0, 0.1) is 0 Å². The predicted octanol–water partition coefficient (Wildman–Crippen LogP) is 2.28. The van der Waals surface area contributed by atoms with Gasteiger partial charge in [-0.2, -0.15) is 0 Å². The summed E-state index contributed by atoms with van der Waals surface area (Å²) in [5.41, 5.74) is 0. The van der Waals surface area contributed by atoms with Crippen LogP contribution in [0.15, 0.2) is 0 Å². The summed E-state index contributed by atoms with van der Waals surface area (Å²) < 4.78 is 45.7. The van der Waals surface area contributed by atoms with Crippen molar-refractivity contribution in [3.8, 4) is 0 Å². The maximum absolute atomic E-state index is 11.5. The summed E-state index contributed by atoms with van der Waals surface area (Å²) in [4.78, 5) is 0. The molecule has 0 spiro atoms. The molecule has 0 atom stereocenters. The maximum Gasteiger partial charge on any atom is 0.211 e. The van der Waals surface area contributed by atoms with Crippen molar-refractivity contribution in [3.63, 3.8) is 0 Å². The van der Waals surface area contributed by atoms with Crippen LogP contribution in [0.25, 0.3) is 0 Å². The Morgan fingerprint density at radius 3 is 1.30 bits per heavy atom. The molecule has 0 aromatic carbocycles. The van der Waals surface area contributed by atoms with E-state index in [-0.39, 0.29) is 16.5 Å². The first-order valence-electron chi connectivity index (χ1n) is 6.97. The van der Waals surface area contributed by atoms with Crippen molar-refractivity contribution in [3.05, 3.63) is 0 Å². The third-order valence-corrected chi connectivity index (χ3v) is 7.66. The second kappa shape index (κ2) is 9.00. The highest BCUT2D eigenvalue weighted by molar-refractivity contribution is 7.92. The molecule has 0 aromatic rings. The summed E-state index contributed by atoms with van der Waals surface area (Å²) in [6.45, 7) is 11.0. The molecule has 0 radical (unpaired) electrons. The van der Waals surface area contributed by atoms with E-state index in [0.29, 0.717) is 0 Å². The molecule has 0 amide bonds. The zero-order chi connectivity index (χ0) is 16.7. The van der Waals surface area contributed by atoms with Gasteiger partial charge in [-0.25, -0.2) is 21.1 Å². The minimum atomic E-state index is -2.97. The smallest absolute Gasteiger partial charge is 0.211 e. The average Bonchev–Trinajstić information content (AvgIpc) is 2.28. The Bertz CT molecular complexity index is 449. The molecule has 0 aliphatic heterocycles. The van der Waals surface area contributed by atoms with Gasteiger partial charge in [-0.1, -0.05) is 13.8 Å². The standard InChI is InChI=1S/C8H18O2S.C5H13NO2S/c1-5-8(6-2)11(9,10)7(3)4;1-5(2)6(3)9(4,7)8/h7-8H,5-6H2,1-4H3;5H,1-4H3. The van der Waals surface area contributed by atoms with Gasteiger partial charge in [-0.15, -0.1) is 0 Å². The van der Waals surface area contributed by atoms with Crippen LogP contribution in [0.1, 0.15) is 54.4 Å². The molecule has 124 valence electrons. The van der Waals surface area contributed by atoms with Gasteiger partial charge in [0.25, 0.3) is 0 Å². The molecule has 0 bridgehead atoms. The molecule has 7 heteroatoms. The molecule has 0 aromatic heterocycles. The van der Waals surface area contributed by atoms with E-state index in [2.05, 4.69) is 0 Å². The summed E-state index contributed by atoms with van der Waals surface area (Å²) >= 11 is 0. The molecule has 0 unspecified atom stereocenters. The van der Waals surface area contributed by atoms with Crippen molar-refractivity contribution in [1.82, 2.24) is 4.31 Å². The lowest BCUT2D eigenvalue weighted by molar-refractivity contribution is 0.414. The third-order valence-electron chi connectivity index (χ3n) is 3.28. The summed E-state index contributed by atoms with van der Waals surface area (Å²) in [5.74, 6) is 0. The largest absolute Gasteiger partial charge is 0.228 e. The maximum atomic E-state index is 11.5. The topological polar surface area (TPSA) is 71.5 Å². The number of hydrogen-bond acceptors (Lipinski definition) is 4. The molecule has 0 aliphatic carbocycles. The van der Waals surface area contributed by atoms with Gasteiger partial charge in [-0.05, 0) is 40.5 Å². The van der Waals surface area contributed by atoms with E-state index in [1.54, 1.807) is 20.9 Å². The molecule has 0 rings (SSSR count). The van der Waals surface area contributed by atoms with Crippen molar-refractivity contribution >= 4 is 19.9 Å². The lowest BCUT2D eigenvalue weighted by atomic mass is 10.3. The Morgan fingerprint density at radius 1 is 0.900 bits per heavy atom. The lowest BCUT2D eigenvalue weighted by Crippen LogP contribution is -2.31. The molecule has 0 saturated heterocycles. The van der Waals surface area contributed by atoms with Gasteiger partial charge in [-0.3, -0.25) is 0 Å². The Balaban J connectivity index is 0. The average molecular weight is 330 g/mol. The Kier molecular flexibility index (Phi) is 9.96. The first kappa shape index (κ1) is 22.1. The number of nitrogens with zero attached hydrogens (tertiary/aromatic N) is 1. The zero-order valence-electron chi connectivity index (χ0n) is 14.0. The van der Waals surface area contributed by atoms with Crippen LogP contribution in [0.2, 0.25) is 0 Å². The van der Waals surface area contributed by atoms with E-state index in [4.69, 9.17) is 0 Å².